The van der Waals surface area contributed by atoms with Gasteiger partial charge in [0, 0.05) is 34.1 Å². The Morgan fingerprint density at radius 2 is 0.774 bits per heavy atom. The molecule has 53 heavy (non-hydrogen) atoms. The van der Waals surface area contributed by atoms with E-state index < -0.39 is 6.04 Å². The lowest BCUT2D eigenvalue weighted by Crippen LogP contribution is -2.61. The fraction of sp³-hybridized carbons (Fsp3) is 0. The first kappa shape index (κ1) is 25.2. The van der Waals surface area contributed by atoms with Crippen LogP contribution in [0.1, 0.15) is 6.85 Å². The Morgan fingerprint density at radius 3 is 1.25 bits per heavy atom. The van der Waals surface area contributed by atoms with Gasteiger partial charge in [0.05, 0.1) is 6.85 Å². The monoisotopic (exact) mass is 677 g/mol. The van der Waals surface area contributed by atoms with Crippen LogP contribution in [0, 0.1) is 0 Å². The third kappa shape index (κ3) is 4.47. The Bertz CT molecular complexity index is 2960. The summed E-state index contributed by atoms with van der Waals surface area (Å²) in [4.78, 5) is 4.80. The summed E-state index contributed by atoms with van der Waals surface area (Å²) >= 11 is 0. The first-order valence-electron chi connectivity index (χ1n) is 20.5. The molecule has 2 aliphatic rings. The van der Waals surface area contributed by atoms with Crippen molar-refractivity contribution in [1.29, 1.82) is 0 Å². The normalized spacial score (nSPS) is 14.1. The molecule has 2 heterocycles. The van der Waals surface area contributed by atoms with Crippen molar-refractivity contribution in [3.63, 3.8) is 0 Å². The molecule has 2 nitrogen and oxygen atoms in total. The molecule has 9 aromatic carbocycles. The highest BCUT2D eigenvalue weighted by Gasteiger charge is 2.43. The van der Waals surface area contributed by atoms with Gasteiger partial charge in [-0.3, -0.25) is 0 Å². The van der Waals surface area contributed by atoms with Crippen LogP contribution in [-0.4, -0.2) is 6.71 Å². The van der Waals surface area contributed by atoms with E-state index in [2.05, 4.69) is 143 Å². The van der Waals surface area contributed by atoms with Crippen LogP contribution in [0.3, 0.4) is 0 Å². The van der Waals surface area contributed by atoms with Gasteiger partial charge in [0.15, 0.2) is 0 Å². The molecule has 3 heteroatoms. The molecular weight excluding hydrogens is 639 g/mol. The predicted molar refractivity (Wildman–Crippen MR) is 226 cm³/mol. The summed E-state index contributed by atoms with van der Waals surface area (Å²) in [6, 6.07) is 58.0. The Hall–Kier alpha value is -6.84. The molecule has 0 bridgehead atoms. The largest absolute Gasteiger partial charge is 0.311 e. The molecule has 11 rings (SSSR count). The van der Waals surface area contributed by atoms with Crippen LogP contribution in [0.15, 0.2) is 200 Å². The molecule has 2 aliphatic heterocycles. The zero-order chi connectivity index (χ0) is 39.2. The van der Waals surface area contributed by atoms with E-state index >= 15 is 0 Å². The van der Waals surface area contributed by atoms with E-state index in [1.54, 1.807) is 0 Å². The van der Waals surface area contributed by atoms with E-state index in [4.69, 9.17) is 6.85 Å². The highest BCUT2D eigenvalue weighted by Crippen LogP contribution is 2.49. The van der Waals surface area contributed by atoms with Crippen LogP contribution in [-0.2, 0) is 0 Å². The summed E-state index contributed by atoms with van der Waals surface area (Å²) in [5.41, 5.74) is 13.1. The lowest BCUT2D eigenvalue weighted by Gasteiger charge is -2.44. The second-order valence-corrected chi connectivity index (χ2v) is 13.7. The third-order valence-electron chi connectivity index (χ3n) is 10.9. The minimum absolute atomic E-state index is 0.0219. The maximum atomic E-state index is 9.07. The zero-order valence-electron chi connectivity index (χ0n) is 33.6. The zero-order valence-corrected chi connectivity index (χ0v) is 28.6. The molecule has 0 N–H and O–H groups in total. The molecule has 0 amide bonds. The maximum Gasteiger partial charge on any atom is 0.252 e. The topological polar surface area (TPSA) is 6.48 Å². The van der Waals surface area contributed by atoms with Crippen LogP contribution in [0.2, 0.25) is 0 Å². The van der Waals surface area contributed by atoms with Gasteiger partial charge in [-0.15, -0.1) is 0 Å². The SMILES string of the molecule is [2H]c1c([2H])c([2H])c(-c2c3ccccc3c(-c3cc4c5c(c3)N(c3ccccc3)c3ccccc3B5c3ccccc3N4c3ccccc3)c3ccccc23)c([2H])c1[2H]. The highest BCUT2D eigenvalue weighted by molar-refractivity contribution is 7.00. The molecule has 0 aliphatic carbocycles. The Balaban J connectivity index is 1.30. The third-order valence-corrected chi connectivity index (χ3v) is 10.9. The Morgan fingerprint density at radius 1 is 0.377 bits per heavy atom. The van der Waals surface area contributed by atoms with Crippen molar-refractivity contribution in [3.05, 3.63) is 200 Å². The summed E-state index contributed by atoms with van der Waals surface area (Å²) in [6.07, 6.45) is 0. The Kier molecular flexibility index (Phi) is 5.64. The first-order chi connectivity index (χ1) is 28.4. The van der Waals surface area contributed by atoms with Crippen molar-refractivity contribution in [3.8, 4) is 22.3 Å². The quantitative estimate of drug-likeness (QED) is 0.135. The van der Waals surface area contributed by atoms with Crippen LogP contribution in [0.4, 0.5) is 34.1 Å². The van der Waals surface area contributed by atoms with Gasteiger partial charge >= 0.3 is 0 Å². The molecule has 0 saturated carbocycles. The van der Waals surface area contributed by atoms with Crippen molar-refractivity contribution in [2.24, 2.45) is 0 Å². The lowest BCUT2D eigenvalue weighted by atomic mass is 9.33. The number of anilines is 6. The van der Waals surface area contributed by atoms with E-state index in [-0.39, 0.29) is 36.4 Å². The number of benzene rings is 9. The molecule has 0 unspecified atom stereocenters. The number of fused-ring (bicyclic) bond motifs is 6. The summed E-state index contributed by atoms with van der Waals surface area (Å²) in [5, 5.41) is 3.48. The van der Waals surface area contributed by atoms with Crippen LogP contribution in [0.5, 0.6) is 0 Å². The number of hydrogen-bond donors (Lipinski definition) is 0. The summed E-state index contributed by atoms with van der Waals surface area (Å²) in [5.74, 6) is 0. The van der Waals surface area contributed by atoms with Crippen LogP contribution < -0.4 is 26.2 Å². The second-order valence-electron chi connectivity index (χ2n) is 13.7. The van der Waals surface area contributed by atoms with Crippen LogP contribution in [0.25, 0.3) is 43.8 Å². The minimum Gasteiger partial charge on any atom is -0.311 e. The molecule has 0 spiro atoms. The molecule has 0 aromatic heterocycles. The molecule has 0 saturated heterocycles. The van der Waals surface area contributed by atoms with Gasteiger partial charge in [-0.05, 0) is 109 Å². The predicted octanol–water partition coefficient (Wildman–Crippen LogP) is 11.4. The Labute approximate surface area is 316 Å². The van der Waals surface area contributed by atoms with Crippen molar-refractivity contribution in [1.82, 2.24) is 0 Å². The average molecular weight is 678 g/mol. The van der Waals surface area contributed by atoms with E-state index in [1.165, 1.54) is 16.4 Å². The highest BCUT2D eigenvalue weighted by atomic mass is 15.2. The number of hydrogen-bond acceptors (Lipinski definition) is 2. The molecule has 9 aromatic rings. The van der Waals surface area contributed by atoms with Crippen molar-refractivity contribution < 1.29 is 6.85 Å². The van der Waals surface area contributed by atoms with E-state index in [0.717, 1.165) is 66.8 Å². The number of rotatable bonds is 4. The summed E-state index contributed by atoms with van der Waals surface area (Å²) < 4.78 is 43.7. The molecular formula is C50H33BN2. The second kappa shape index (κ2) is 11.9. The van der Waals surface area contributed by atoms with Gasteiger partial charge in [0.25, 0.3) is 6.71 Å². The van der Waals surface area contributed by atoms with E-state index in [1.807, 2.05) is 36.4 Å². The van der Waals surface area contributed by atoms with Gasteiger partial charge < -0.3 is 9.80 Å². The van der Waals surface area contributed by atoms with Gasteiger partial charge in [-0.2, -0.15) is 0 Å². The van der Waals surface area contributed by atoms with Gasteiger partial charge in [0.2, 0.25) is 0 Å². The van der Waals surface area contributed by atoms with Gasteiger partial charge in [-0.1, -0.05) is 152 Å². The van der Waals surface area contributed by atoms with Gasteiger partial charge in [-0.25, -0.2) is 0 Å². The summed E-state index contributed by atoms with van der Waals surface area (Å²) in [7, 11) is 0. The number of para-hydroxylation sites is 4. The minimum atomic E-state index is -0.403. The van der Waals surface area contributed by atoms with E-state index in [9.17, 15) is 0 Å². The van der Waals surface area contributed by atoms with Crippen LogP contribution >= 0.6 is 0 Å². The lowest BCUT2D eigenvalue weighted by molar-refractivity contribution is 1.25. The number of nitrogens with zero attached hydrogens (tertiary/aromatic N) is 2. The molecule has 0 fully saturated rings. The molecule has 0 atom stereocenters. The molecule has 0 radical (unpaired) electrons. The fourth-order valence-electron chi connectivity index (χ4n) is 8.84. The first-order valence-corrected chi connectivity index (χ1v) is 18.0. The van der Waals surface area contributed by atoms with E-state index in [0.29, 0.717) is 5.56 Å². The standard InChI is InChI=1S/C50H33BN2/c1-4-18-34(19-5-1)48-38-24-10-12-26-40(38)49(41-27-13-11-25-39(41)48)35-32-46-50-47(33-35)53(37-22-8-3-9-23-37)45-31-17-15-29-43(45)51(50)42-28-14-16-30-44(42)52(46)36-20-6-2-7-21-36/h1-33H/i1D,4D,5D,18D,19D. The van der Waals surface area contributed by atoms with Crippen molar-refractivity contribution in [2.45, 2.75) is 0 Å². The maximum absolute atomic E-state index is 9.07. The van der Waals surface area contributed by atoms with Crippen molar-refractivity contribution in [2.75, 3.05) is 9.80 Å². The molecule has 246 valence electrons. The van der Waals surface area contributed by atoms with Gasteiger partial charge in [0.1, 0.15) is 0 Å². The average Bonchev–Trinajstić information content (AvgIpc) is 3.27. The fourth-order valence-corrected chi connectivity index (χ4v) is 8.84. The summed E-state index contributed by atoms with van der Waals surface area (Å²) in [6.45, 7) is -0.0219. The smallest absolute Gasteiger partial charge is 0.252 e. The van der Waals surface area contributed by atoms with Crippen molar-refractivity contribution >= 4 is 78.8 Å².